The van der Waals surface area contributed by atoms with E-state index in [0.717, 1.165) is 12.2 Å². The summed E-state index contributed by atoms with van der Waals surface area (Å²) < 4.78 is 3.00. The van der Waals surface area contributed by atoms with Gasteiger partial charge in [-0.2, -0.15) is 5.10 Å². The van der Waals surface area contributed by atoms with E-state index in [0.29, 0.717) is 6.04 Å². The standard InChI is InChI=1S/C11H14BrN3S/c1-8(11-10(12)4-6-16-11)13-7-9-3-5-15(2)14-9/h3-6,8,13H,7H2,1-2H3. The van der Waals surface area contributed by atoms with Crippen LogP contribution in [0.2, 0.25) is 0 Å². The van der Waals surface area contributed by atoms with E-state index in [1.165, 1.54) is 9.35 Å². The van der Waals surface area contributed by atoms with Crippen LogP contribution < -0.4 is 5.32 Å². The molecule has 16 heavy (non-hydrogen) atoms. The molecule has 2 heterocycles. The lowest BCUT2D eigenvalue weighted by Crippen LogP contribution is -2.17. The minimum absolute atomic E-state index is 0.344. The predicted octanol–water partition coefficient (Wildman–Crippen LogP) is 3.09. The molecule has 3 nitrogen and oxygen atoms in total. The van der Waals surface area contributed by atoms with Gasteiger partial charge in [0, 0.05) is 35.2 Å². The number of nitrogens with zero attached hydrogens (tertiary/aromatic N) is 2. The Morgan fingerprint density at radius 2 is 2.38 bits per heavy atom. The van der Waals surface area contributed by atoms with Crippen molar-refractivity contribution >= 4 is 27.3 Å². The van der Waals surface area contributed by atoms with Gasteiger partial charge < -0.3 is 5.32 Å². The molecular formula is C11H14BrN3S. The molecule has 1 unspecified atom stereocenters. The fraction of sp³-hybridized carbons (Fsp3) is 0.364. The average Bonchev–Trinajstić information content (AvgIpc) is 2.84. The van der Waals surface area contributed by atoms with Crippen molar-refractivity contribution in [2.45, 2.75) is 19.5 Å². The van der Waals surface area contributed by atoms with Crippen LogP contribution in [0.25, 0.3) is 0 Å². The van der Waals surface area contributed by atoms with Crippen LogP contribution in [0.5, 0.6) is 0 Å². The lowest BCUT2D eigenvalue weighted by molar-refractivity contribution is 0.567. The first-order valence-electron chi connectivity index (χ1n) is 5.11. The van der Waals surface area contributed by atoms with Crippen molar-refractivity contribution in [2.24, 2.45) is 7.05 Å². The zero-order chi connectivity index (χ0) is 11.5. The highest BCUT2D eigenvalue weighted by atomic mass is 79.9. The van der Waals surface area contributed by atoms with Gasteiger partial charge >= 0.3 is 0 Å². The van der Waals surface area contributed by atoms with Crippen LogP contribution in [0.1, 0.15) is 23.5 Å². The lowest BCUT2D eigenvalue weighted by Gasteiger charge is -2.11. The molecule has 0 saturated carbocycles. The molecule has 86 valence electrons. The van der Waals surface area contributed by atoms with Crippen LogP contribution in [0, 0.1) is 0 Å². The summed E-state index contributed by atoms with van der Waals surface area (Å²) in [7, 11) is 1.93. The van der Waals surface area contributed by atoms with Crippen molar-refractivity contribution in [3.63, 3.8) is 0 Å². The summed E-state index contributed by atoms with van der Waals surface area (Å²) in [5.74, 6) is 0. The van der Waals surface area contributed by atoms with E-state index in [-0.39, 0.29) is 0 Å². The summed E-state index contributed by atoms with van der Waals surface area (Å²) in [6.45, 7) is 2.96. The first kappa shape index (κ1) is 11.8. The minimum Gasteiger partial charge on any atom is -0.304 e. The van der Waals surface area contributed by atoms with E-state index in [1.807, 2.05) is 24.0 Å². The zero-order valence-electron chi connectivity index (χ0n) is 9.27. The highest BCUT2D eigenvalue weighted by Gasteiger charge is 2.10. The monoisotopic (exact) mass is 299 g/mol. The second-order valence-corrected chi connectivity index (χ2v) is 5.52. The Morgan fingerprint density at radius 1 is 1.56 bits per heavy atom. The highest BCUT2D eigenvalue weighted by molar-refractivity contribution is 9.10. The molecule has 0 aliphatic heterocycles. The van der Waals surface area contributed by atoms with Crippen molar-refractivity contribution in [1.29, 1.82) is 0 Å². The van der Waals surface area contributed by atoms with Gasteiger partial charge in [0.25, 0.3) is 0 Å². The topological polar surface area (TPSA) is 29.9 Å². The van der Waals surface area contributed by atoms with Gasteiger partial charge in [0.1, 0.15) is 0 Å². The number of thiophene rings is 1. The number of nitrogens with one attached hydrogen (secondary N) is 1. The molecule has 0 spiro atoms. The van der Waals surface area contributed by atoms with Crippen molar-refractivity contribution in [2.75, 3.05) is 0 Å². The van der Waals surface area contributed by atoms with E-state index in [2.05, 4.69) is 44.7 Å². The van der Waals surface area contributed by atoms with Crippen LogP contribution in [-0.2, 0) is 13.6 Å². The number of aromatic nitrogens is 2. The molecule has 2 aromatic rings. The van der Waals surface area contributed by atoms with Crippen LogP contribution >= 0.6 is 27.3 Å². The first-order valence-corrected chi connectivity index (χ1v) is 6.79. The smallest absolute Gasteiger partial charge is 0.0762 e. The van der Waals surface area contributed by atoms with Gasteiger partial charge in [0.05, 0.1) is 5.69 Å². The maximum Gasteiger partial charge on any atom is 0.0762 e. The van der Waals surface area contributed by atoms with E-state index in [9.17, 15) is 0 Å². The molecule has 0 radical (unpaired) electrons. The van der Waals surface area contributed by atoms with E-state index < -0.39 is 0 Å². The minimum atomic E-state index is 0.344. The maximum atomic E-state index is 4.33. The van der Waals surface area contributed by atoms with Gasteiger partial charge in [-0.05, 0) is 40.4 Å². The fourth-order valence-electron chi connectivity index (χ4n) is 1.52. The van der Waals surface area contributed by atoms with Gasteiger partial charge in [-0.15, -0.1) is 11.3 Å². The van der Waals surface area contributed by atoms with Gasteiger partial charge in [-0.3, -0.25) is 4.68 Å². The molecule has 0 aliphatic rings. The van der Waals surface area contributed by atoms with Crippen LogP contribution in [0.4, 0.5) is 0 Å². The number of halogens is 1. The lowest BCUT2D eigenvalue weighted by atomic mass is 10.2. The predicted molar refractivity (Wildman–Crippen MR) is 70.5 cm³/mol. The van der Waals surface area contributed by atoms with Gasteiger partial charge in [0.2, 0.25) is 0 Å². The fourth-order valence-corrected chi connectivity index (χ4v) is 3.27. The molecule has 0 saturated heterocycles. The van der Waals surface area contributed by atoms with Crippen molar-refractivity contribution < 1.29 is 0 Å². The maximum absolute atomic E-state index is 4.33. The summed E-state index contributed by atoms with van der Waals surface area (Å²) in [5.41, 5.74) is 1.07. The Balaban J connectivity index is 1.93. The summed E-state index contributed by atoms with van der Waals surface area (Å²) in [6.07, 6.45) is 1.96. The molecule has 0 amide bonds. The third kappa shape index (κ3) is 2.72. The summed E-state index contributed by atoms with van der Waals surface area (Å²) in [6, 6.07) is 4.46. The molecule has 0 bridgehead atoms. The molecule has 2 rings (SSSR count). The molecule has 1 N–H and O–H groups in total. The molecule has 0 aromatic carbocycles. The third-order valence-corrected chi connectivity index (χ3v) is 4.45. The largest absolute Gasteiger partial charge is 0.304 e. The zero-order valence-corrected chi connectivity index (χ0v) is 11.7. The van der Waals surface area contributed by atoms with E-state index in [4.69, 9.17) is 0 Å². The number of aryl methyl sites for hydroxylation is 1. The summed E-state index contributed by atoms with van der Waals surface area (Å²) >= 11 is 5.31. The molecule has 0 fully saturated rings. The summed E-state index contributed by atoms with van der Waals surface area (Å²) in [4.78, 5) is 1.33. The second kappa shape index (κ2) is 5.12. The van der Waals surface area contributed by atoms with Crippen LogP contribution in [0.3, 0.4) is 0 Å². The quantitative estimate of drug-likeness (QED) is 0.940. The van der Waals surface area contributed by atoms with Gasteiger partial charge in [-0.1, -0.05) is 0 Å². The van der Waals surface area contributed by atoms with E-state index >= 15 is 0 Å². The average molecular weight is 300 g/mol. The van der Waals surface area contributed by atoms with Crippen molar-refractivity contribution in [3.05, 3.63) is 38.8 Å². The number of rotatable bonds is 4. The molecule has 2 aromatic heterocycles. The highest BCUT2D eigenvalue weighted by Crippen LogP contribution is 2.28. The van der Waals surface area contributed by atoms with Crippen molar-refractivity contribution in [3.8, 4) is 0 Å². The SMILES string of the molecule is CC(NCc1ccn(C)n1)c1sccc1Br. The molecule has 0 aliphatic carbocycles. The van der Waals surface area contributed by atoms with Crippen LogP contribution in [-0.4, -0.2) is 9.78 Å². The van der Waals surface area contributed by atoms with Gasteiger partial charge in [-0.25, -0.2) is 0 Å². The Bertz CT molecular complexity index is 463. The number of hydrogen-bond acceptors (Lipinski definition) is 3. The Kier molecular flexibility index (Phi) is 3.78. The molecule has 5 heteroatoms. The van der Waals surface area contributed by atoms with E-state index in [1.54, 1.807) is 11.3 Å². The number of hydrogen-bond donors (Lipinski definition) is 1. The molecule has 1 atom stereocenters. The van der Waals surface area contributed by atoms with Crippen LogP contribution in [0.15, 0.2) is 28.2 Å². The van der Waals surface area contributed by atoms with Gasteiger partial charge in [0.15, 0.2) is 0 Å². The Hall–Kier alpha value is -0.650. The third-order valence-electron chi connectivity index (χ3n) is 2.40. The normalized spacial score (nSPS) is 12.9. The Labute approximate surface area is 108 Å². The second-order valence-electron chi connectivity index (χ2n) is 3.72. The molecular weight excluding hydrogens is 286 g/mol. The Morgan fingerprint density at radius 3 is 2.94 bits per heavy atom. The first-order chi connectivity index (χ1) is 7.66. The summed E-state index contributed by atoms with van der Waals surface area (Å²) in [5, 5.41) is 9.89. The van der Waals surface area contributed by atoms with Crippen molar-refractivity contribution in [1.82, 2.24) is 15.1 Å².